The molecule has 1 amide bonds. The molecule has 118 valence electrons. The van der Waals surface area contributed by atoms with Crippen molar-refractivity contribution < 1.29 is 14.6 Å². The molecule has 21 heavy (non-hydrogen) atoms. The predicted molar refractivity (Wildman–Crippen MR) is 83.7 cm³/mol. The fraction of sp³-hybridized carbons (Fsp3) is 0.533. The standard InChI is InChI=1S/C15H23ClN2O3/c1-11(2)7-18-15(20)9-17-8-13(19)10-21-14-5-3-12(16)4-6-14/h3-6,11,13,17,19H,7-10H2,1-2H3,(H,18,20). The first kappa shape index (κ1) is 17.8. The Labute approximate surface area is 130 Å². The van der Waals surface area contributed by atoms with E-state index >= 15 is 0 Å². The van der Waals surface area contributed by atoms with E-state index in [9.17, 15) is 9.90 Å². The normalized spacial score (nSPS) is 12.2. The van der Waals surface area contributed by atoms with E-state index in [2.05, 4.69) is 10.6 Å². The summed E-state index contributed by atoms with van der Waals surface area (Å²) in [6.45, 7) is 5.36. The third kappa shape index (κ3) is 8.55. The third-order valence-corrected chi connectivity index (χ3v) is 2.88. The number of nitrogens with one attached hydrogen (secondary N) is 2. The van der Waals surface area contributed by atoms with Crippen LogP contribution in [0.15, 0.2) is 24.3 Å². The molecule has 1 rings (SSSR count). The molecule has 1 aromatic carbocycles. The number of aliphatic hydroxyl groups excluding tert-OH is 1. The van der Waals surface area contributed by atoms with Gasteiger partial charge in [0, 0.05) is 18.1 Å². The van der Waals surface area contributed by atoms with Crippen LogP contribution in [0.5, 0.6) is 5.75 Å². The van der Waals surface area contributed by atoms with Crippen LogP contribution in [0.1, 0.15) is 13.8 Å². The van der Waals surface area contributed by atoms with Gasteiger partial charge in [0.15, 0.2) is 0 Å². The predicted octanol–water partition coefficient (Wildman–Crippen LogP) is 1.44. The fourth-order valence-corrected chi connectivity index (χ4v) is 1.64. The molecule has 1 atom stereocenters. The molecule has 0 saturated carbocycles. The number of aliphatic hydroxyl groups is 1. The van der Waals surface area contributed by atoms with Gasteiger partial charge in [-0.1, -0.05) is 25.4 Å². The number of halogens is 1. The van der Waals surface area contributed by atoms with E-state index in [0.29, 0.717) is 29.8 Å². The van der Waals surface area contributed by atoms with Crippen LogP contribution in [-0.2, 0) is 4.79 Å². The molecule has 0 aliphatic heterocycles. The molecule has 3 N–H and O–H groups in total. The molecule has 0 radical (unpaired) electrons. The Morgan fingerprint density at radius 1 is 1.29 bits per heavy atom. The van der Waals surface area contributed by atoms with Crippen LogP contribution in [0.4, 0.5) is 0 Å². The third-order valence-electron chi connectivity index (χ3n) is 2.63. The van der Waals surface area contributed by atoms with Gasteiger partial charge in [-0.15, -0.1) is 0 Å². The van der Waals surface area contributed by atoms with Crippen molar-refractivity contribution >= 4 is 17.5 Å². The zero-order valence-electron chi connectivity index (χ0n) is 12.4. The minimum atomic E-state index is -0.682. The summed E-state index contributed by atoms with van der Waals surface area (Å²) in [5.41, 5.74) is 0. The number of ether oxygens (including phenoxy) is 1. The summed E-state index contributed by atoms with van der Waals surface area (Å²) < 4.78 is 5.41. The van der Waals surface area contributed by atoms with Crippen molar-refractivity contribution in [3.8, 4) is 5.75 Å². The van der Waals surface area contributed by atoms with Gasteiger partial charge in [0.05, 0.1) is 6.54 Å². The van der Waals surface area contributed by atoms with Crippen LogP contribution >= 0.6 is 11.6 Å². The maximum Gasteiger partial charge on any atom is 0.233 e. The molecule has 6 heteroatoms. The Morgan fingerprint density at radius 2 is 1.95 bits per heavy atom. The summed E-state index contributed by atoms with van der Waals surface area (Å²) in [6.07, 6.45) is -0.682. The zero-order valence-corrected chi connectivity index (χ0v) is 13.2. The van der Waals surface area contributed by atoms with Gasteiger partial charge in [0.1, 0.15) is 18.5 Å². The summed E-state index contributed by atoms with van der Waals surface area (Å²) in [6, 6.07) is 6.92. The number of rotatable bonds is 9. The van der Waals surface area contributed by atoms with Gasteiger partial charge >= 0.3 is 0 Å². The van der Waals surface area contributed by atoms with Crippen molar-refractivity contribution in [3.05, 3.63) is 29.3 Å². The lowest BCUT2D eigenvalue weighted by atomic mass is 10.2. The van der Waals surface area contributed by atoms with Crippen LogP contribution in [0.2, 0.25) is 5.02 Å². The van der Waals surface area contributed by atoms with Gasteiger partial charge in [-0.2, -0.15) is 0 Å². The van der Waals surface area contributed by atoms with Crippen LogP contribution in [0.3, 0.4) is 0 Å². The Morgan fingerprint density at radius 3 is 2.57 bits per heavy atom. The number of carbonyl (C=O) groups excluding carboxylic acids is 1. The quantitative estimate of drug-likeness (QED) is 0.645. The summed E-state index contributed by atoms with van der Waals surface area (Å²) in [5, 5.41) is 16.1. The van der Waals surface area contributed by atoms with Crippen LogP contribution < -0.4 is 15.4 Å². The van der Waals surface area contributed by atoms with E-state index in [4.69, 9.17) is 16.3 Å². The second-order valence-electron chi connectivity index (χ2n) is 5.25. The molecular formula is C15H23ClN2O3. The molecular weight excluding hydrogens is 292 g/mol. The second kappa shape index (κ2) is 9.60. The number of hydrogen-bond donors (Lipinski definition) is 3. The van der Waals surface area contributed by atoms with Gasteiger partial charge in [-0.3, -0.25) is 4.79 Å². The second-order valence-corrected chi connectivity index (χ2v) is 5.68. The number of amides is 1. The van der Waals surface area contributed by atoms with Crippen molar-refractivity contribution in [2.24, 2.45) is 5.92 Å². The Hall–Kier alpha value is -1.30. The first-order chi connectivity index (χ1) is 9.97. The summed E-state index contributed by atoms with van der Waals surface area (Å²) in [5.74, 6) is 0.995. The van der Waals surface area contributed by atoms with Gasteiger partial charge in [0.2, 0.25) is 5.91 Å². The highest BCUT2D eigenvalue weighted by atomic mass is 35.5. The average Bonchev–Trinajstić information content (AvgIpc) is 2.44. The zero-order chi connectivity index (χ0) is 15.7. The van der Waals surface area contributed by atoms with Crippen molar-refractivity contribution in [1.29, 1.82) is 0 Å². The van der Waals surface area contributed by atoms with E-state index in [-0.39, 0.29) is 19.1 Å². The maximum atomic E-state index is 11.4. The Kier molecular flexibility index (Phi) is 8.12. The molecule has 0 fully saturated rings. The number of hydrogen-bond acceptors (Lipinski definition) is 4. The van der Waals surface area contributed by atoms with E-state index in [0.717, 1.165) is 0 Å². The topological polar surface area (TPSA) is 70.6 Å². The lowest BCUT2D eigenvalue weighted by molar-refractivity contribution is -0.120. The molecule has 0 aromatic heterocycles. The van der Waals surface area contributed by atoms with E-state index < -0.39 is 6.10 Å². The molecule has 0 aliphatic rings. The highest BCUT2D eigenvalue weighted by Gasteiger charge is 2.07. The van der Waals surface area contributed by atoms with Crippen molar-refractivity contribution in [2.45, 2.75) is 20.0 Å². The summed E-state index contributed by atoms with van der Waals surface area (Å²) in [7, 11) is 0. The molecule has 0 aliphatic carbocycles. The maximum absolute atomic E-state index is 11.4. The highest BCUT2D eigenvalue weighted by Crippen LogP contribution is 2.15. The van der Waals surface area contributed by atoms with Gasteiger partial charge < -0.3 is 20.5 Å². The van der Waals surface area contributed by atoms with Gasteiger partial charge in [-0.05, 0) is 30.2 Å². The number of benzene rings is 1. The number of carbonyl (C=O) groups is 1. The molecule has 0 bridgehead atoms. The van der Waals surface area contributed by atoms with Crippen molar-refractivity contribution in [3.63, 3.8) is 0 Å². The van der Waals surface area contributed by atoms with Crippen LogP contribution in [0.25, 0.3) is 0 Å². The van der Waals surface area contributed by atoms with Crippen LogP contribution in [0, 0.1) is 5.92 Å². The molecule has 1 aromatic rings. The Bertz CT molecular complexity index is 423. The smallest absolute Gasteiger partial charge is 0.233 e. The van der Waals surface area contributed by atoms with E-state index in [1.54, 1.807) is 24.3 Å². The largest absolute Gasteiger partial charge is 0.491 e. The molecule has 0 heterocycles. The molecule has 0 spiro atoms. The molecule has 5 nitrogen and oxygen atoms in total. The first-order valence-electron chi connectivity index (χ1n) is 7.01. The highest BCUT2D eigenvalue weighted by molar-refractivity contribution is 6.30. The van der Waals surface area contributed by atoms with Crippen molar-refractivity contribution in [1.82, 2.24) is 10.6 Å². The molecule has 1 unspecified atom stereocenters. The lowest BCUT2D eigenvalue weighted by Gasteiger charge is -2.13. The van der Waals surface area contributed by atoms with E-state index in [1.165, 1.54) is 0 Å². The summed E-state index contributed by atoms with van der Waals surface area (Å²) in [4.78, 5) is 11.4. The SMILES string of the molecule is CC(C)CNC(=O)CNCC(O)COc1ccc(Cl)cc1. The first-order valence-corrected chi connectivity index (χ1v) is 7.39. The van der Waals surface area contributed by atoms with Gasteiger partial charge in [-0.25, -0.2) is 0 Å². The minimum absolute atomic E-state index is 0.0745. The fourth-order valence-electron chi connectivity index (χ4n) is 1.51. The molecule has 0 saturated heterocycles. The monoisotopic (exact) mass is 314 g/mol. The lowest BCUT2D eigenvalue weighted by Crippen LogP contribution is -2.39. The van der Waals surface area contributed by atoms with E-state index in [1.807, 2.05) is 13.8 Å². The van der Waals surface area contributed by atoms with Crippen LogP contribution in [-0.4, -0.2) is 43.4 Å². The van der Waals surface area contributed by atoms with Gasteiger partial charge in [0.25, 0.3) is 0 Å². The summed E-state index contributed by atoms with van der Waals surface area (Å²) >= 11 is 5.76. The Balaban J connectivity index is 2.12. The van der Waals surface area contributed by atoms with Crippen molar-refractivity contribution in [2.75, 3.05) is 26.2 Å². The minimum Gasteiger partial charge on any atom is -0.491 e. The average molecular weight is 315 g/mol.